The monoisotopic (exact) mass is 334 g/mol. The highest BCUT2D eigenvalue weighted by molar-refractivity contribution is 5.97. The summed E-state index contributed by atoms with van der Waals surface area (Å²) in [6.07, 6.45) is 2.22. The lowest BCUT2D eigenvalue weighted by molar-refractivity contribution is -0.123. The predicted octanol–water partition coefficient (Wildman–Crippen LogP) is 3.23. The maximum absolute atomic E-state index is 12.3. The Morgan fingerprint density at radius 1 is 1.12 bits per heavy atom. The number of carbonyl (C=O) groups is 2. The number of nitrogens with zero attached hydrogens (tertiary/aromatic N) is 1. The molecule has 1 amide bonds. The molecule has 3 rings (SSSR count). The fourth-order valence-corrected chi connectivity index (χ4v) is 2.85. The highest BCUT2D eigenvalue weighted by Gasteiger charge is 2.20. The van der Waals surface area contributed by atoms with Crippen LogP contribution < -0.4 is 5.32 Å². The van der Waals surface area contributed by atoms with Crippen LogP contribution in [-0.4, -0.2) is 18.0 Å². The number of aryl methyl sites for hydroxylation is 2. The van der Waals surface area contributed by atoms with Crippen molar-refractivity contribution in [3.8, 4) is 6.07 Å². The van der Waals surface area contributed by atoms with Crippen LogP contribution in [0.2, 0.25) is 0 Å². The van der Waals surface area contributed by atoms with Crippen molar-refractivity contribution in [2.75, 3.05) is 5.32 Å². The number of carbonyl (C=O) groups excluding carboxylic acids is 2. The molecule has 5 nitrogen and oxygen atoms in total. The highest BCUT2D eigenvalue weighted by atomic mass is 16.5. The summed E-state index contributed by atoms with van der Waals surface area (Å²) in [6.45, 7) is 1.53. The summed E-state index contributed by atoms with van der Waals surface area (Å²) in [5.74, 6) is -0.920. The summed E-state index contributed by atoms with van der Waals surface area (Å²) in [6, 6.07) is 14.1. The molecule has 0 unspecified atom stereocenters. The molecule has 0 radical (unpaired) electrons. The molecule has 1 atom stereocenters. The number of ether oxygens (including phenoxy) is 1. The van der Waals surface area contributed by atoms with Crippen LogP contribution in [0.15, 0.2) is 42.5 Å². The second kappa shape index (κ2) is 7.18. The van der Waals surface area contributed by atoms with Gasteiger partial charge in [-0.25, -0.2) is 4.79 Å². The zero-order valence-corrected chi connectivity index (χ0v) is 13.9. The van der Waals surface area contributed by atoms with Gasteiger partial charge in [-0.2, -0.15) is 5.26 Å². The lowest BCUT2D eigenvalue weighted by atomic mass is 10.1. The van der Waals surface area contributed by atoms with E-state index in [1.54, 1.807) is 30.3 Å². The number of esters is 1. The molecule has 126 valence electrons. The average molecular weight is 334 g/mol. The van der Waals surface area contributed by atoms with Gasteiger partial charge in [-0.1, -0.05) is 6.07 Å². The molecule has 0 aliphatic heterocycles. The predicted molar refractivity (Wildman–Crippen MR) is 93.1 cm³/mol. The number of benzene rings is 2. The first-order chi connectivity index (χ1) is 12.1. The minimum Gasteiger partial charge on any atom is -0.449 e. The van der Waals surface area contributed by atoms with E-state index >= 15 is 0 Å². The number of nitriles is 1. The van der Waals surface area contributed by atoms with Crippen molar-refractivity contribution in [2.45, 2.75) is 32.3 Å². The molecule has 1 N–H and O–H groups in total. The Balaban J connectivity index is 1.60. The van der Waals surface area contributed by atoms with Crippen molar-refractivity contribution in [3.05, 3.63) is 64.7 Å². The van der Waals surface area contributed by atoms with E-state index in [1.807, 2.05) is 18.2 Å². The molecule has 2 aromatic rings. The Labute approximate surface area is 146 Å². The van der Waals surface area contributed by atoms with E-state index in [1.165, 1.54) is 18.1 Å². The van der Waals surface area contributed by atoms with Gasteiger partial charge in [-0.15, -0.1) is 0 Å². The minimum atomic E-state index is -0.920. The van der Waals surface area contributed by atoms with Crippen molar-refractivity contribution >= 4 is 17.6 Å². The summed E-state index contributed by atoms with van der Waals surface area (Å²) in [5, 5.41) is 11.4. The van der Waals surface area contributed by atoms with Crippen molar-refractivity contribution in [1.82, 2.24) is 0 Å². The zero-order valence-electron chi connectivity index (χ0n) is 13.9. The van der Waals surface area contributed by atoms with Gasteiger partial charge in [0.2, 0.25) is 0 Å². The molecule has 0 saturated carbocycles. The van der Waals surface area contributed by atoms with Crippen LogP contribution in [0, 0.1) is 11.3 Å². The standard InChI is InChI=1S/C20H18N2O3/c1-13(19(23)22-18-9-5-14(12-21)6-10-18)25-20(24)17-8-7-15-3-2-4-16(15)11-17/h5-11,13H,2-4H2,1H3,(H,22,23)/t13-/m0/s1. The van der Waals surface area contributed by atoms with Crippen LogP contribution in [0.25, 0.3) is 0 Å². The Kier molecular flexibility index (Phi) is 4.80. The van der Waals surface area contributed by atoms with E-state index in [9.17, 15) is 9.59 Å². The van der Waals surface area contributed by atoms with E-state index in [0.29, 0.717) is 16.8 Å². The van der Waals surface area contributed by atoms with Gasteiger partial charge in [0.15, 0.2) is 6.10 Å². The van der Waals surface area contributed by atoms with Crippen LogP contribution in [0.4, 0.5) is 5.69 Å². The normalized spacial score (nSPS) is 13.4. The van der Waals surface area contributed by atoms with Gasteiger partial charge < -0.3 is 10.1 Å². The molecule has 0 fully saturated rings. The smallest absolute Gasteiger partial charge is 0.338 e. The maximum Gasteiger partial charge on any atom is 0.338 e. The second-order valence-corrected chi connectivity index (χ2v) is 6.06. The third kappa shape index (κ3) is 3.86. The number of fused-ring (bicyclic) bond motifs is 1. The molecule has 0 saturated heterocycles. The molecular formula is C20H18N2O3. The zero-order chi connectivity index (χ0) is 17.8. The van der Waals surface area contributed by atoms with E-state index in [-0.39, 0.29) is 0 Å². The van der Waals surface area contributed by atoms with Gasteiger partial charge >= 0.3 is 5.97 Å². The van der Waals surface area contributed by atoms with E-state index < -0.39 is 18.0 Å². The van der Waals surface area contributed by atoms with E-state index in [2.05, 4.69) is 5.32 Å². The Morgan fingerprint density at radius 2 is 1.84 bits per heavy atom. The Hall–Kier alpha value is -3.13. The van der Waals surface area contributed by atoms with Crippen LogP contribution in [-0.2, 0) is 22.4 Å². The van der Waals surface area contributed by atoms with Crippen LogP contribution in [0.3, 0.4) is 0 Å². The molecule has 5 heteroatoms. The number of amides is 1. The van der Waals surface area contributed by atoms with Crippen LogP contribution >= 0.6 is 0 Å². The van der Waals surface area contributed by atoms with Crippen molar-refractivity contribution in [1.29, 1.82) is 5.26 Å². The number of hydrogen-bond donors (Lipinski definition) is 1. The first-order valence-corrected chi connectivity index (χ1v) is 8.20. The molecular weight excluding hydrogens is 316 g/mol. The second-order valence-electron chi connectivity index (χ2n) is 6.06. The summed E-state index contributed by atoms with van der Waals surface area (Å²) >= 11 is 0. The molecule has 1 aliphatic rings. The van der Waals surface area contributed by atoms with Crippen LogP contribution in [0.5, 0.6) is 0 Å². The number of hydrogen-bond acceptors (Lipinski definition) is 4. The quantitative estimate of drug-likeness (QED) is 0.871. The Morgan fingerprint density at radius 3 is 2.56 bits per heavy atom. The van der Waals surface area contributed by atoms with Crippen molar-refractivity contribution in [3.63, 3.8) is 0 Å². The van der Waals surface area contributed by atoms with Crippen LogP contribution in [0.1, 0.15) is 40.4 Å². The van der Waals surface area contributed by atoms with Gasteiger partial charge in [-0.05, 0) is 73.7 Å². The summed E-state index contributed by atoms with van der Waals surface area (Å²) in [4.78, 5) is 24.4. The summed E-state index contributed by atoms with van der Waals surface area (Å²) < 4.78 is 5.27. The minimum absolute atomic E-state index is 0.417. The average Bonchev–Trinajstić information content (AvgIpc) is 3.09. The van der Waals surface area contributed by atoms with Gasteiger partial charge in [0.1, 0.15) is 0 Å². The summed E-state index contributed by atoms with van der Waals surface area (Å²) in [7, 11) is 0. The largest absolute Gasteiger partial charge is 0.449 e. The summed E-state index contributed by atoms with van der Waals surface area (Å²) in [5.41, 5.74) is 3.99. The SMILES string of the molecule is C[C@H](OC(=O)c1ccc2c(c1)CCC2)C(=O)Nc1ccc(C#N)cc1. The number of anilines is 1. The Bertz CT molecular complexity index is 850. The molecule has 2 aromatic carbocycles. The molecule has 0 bridgehead atoms. The third-order valence-corrected chi connectivity index (χ3v) is 4.27. The van der Waals surface area contributed by atoms with Gasteiger partial charge in [0.05, 0.1) is 17.2 Å². The first kappa shape index (κ1) is 16.7. The van der Waals surface area contributed by atoms with E-state index in [0.717, 1.165) is 19.3 Å². The van der Waals surface area contributed by atoms with Gasteiger partial charge in [-0.3, -0.25) is 4.79 Å². The van der Waals surface area contributed by atoms with Crippen molar-refractivity contribution in [2.24, 2.45) is 0 Å². The molecule has 0 aromatic heterocycles. The topological polar surface area (TPSA) is 79.2 Å². The molecule has 25 heavy (non-hydrogen) atoms. The first-order valence-electron chi connectivity index (χ1n) is 8.20. The van der Waals surface area contributed by atoms with E-state index in [4.69, 9.17) is 10.00 Å². The lowest BCUT2D eigenvalue weighted by Crippen LogP contribution is -2.30. The number of nitrogens with one attached hydrogen (secondary N) is 1. The van der Waals surface area contributed by atoms with Crippen molar-refractivity contribution < 1.29 is 14.3 Å². The molecule has 0 heterocycles. The maximum atomic E-state index is 12.3. The fraction of sp³-hybridized carbons (Fsp3) is 0.250. The molecule has 0 spiro atoms. The fourth-order valence-electron chi connectivity index (χ4n) is 2.85. The van der Waals surface area contributed by atoms with Gasteiger partial charge in [0, 0.05) is 5.69 Å². The third-order valence-electron chi connectivity index (χ3n) is 4.27. The molecule has 1 aliphatic carbocycles. The highest BCUT2D eigenvalue weighted by Crippen LogP contribution is 2.23. The van der Waals surface area contributed by atoms with Gasteiger partial charge in [0.25, 0.3) is 5.91 Å². The lowest BCUT2D eigenvalue weighted by Gasteiger charge is -2.14. The number of rotatable bonds is 4.